The van der Waals surface area contributed by atoms with Gasteiger partial charge in [0.1, 0.15) is 17.2 Å². The second-order valence-electron chi connectivity index (χ2n) is 14.3. The number of rotatable bonds is 19. The molecule has 0 saturated carbocycles. The van der Waals surface area contributed by atoms with Gasteiger partial charge in [-0.3, -0.25) is 14.0 Å². The maximum Gasteiger partial charge on any atom is 0.323 e. The van der Waals surface area contributed by atoms with Gasteiger partial charge in [0.2, 0.25) is 0 Å². The molecule has 13 nitrogen and oxygen atoms in total. The zero-order valence-electron chi connectivity index (χ0n) is 34.1. The van der Waals surface area contributed by atoms with Crippen molar-refractivity contribution < 1.29 is 42.2 Å². The van der Waals surface area contributed by atoms with E-state index >= 15 is 0 Å². The van der Waals surface area contributed by atoms with Gasteiger partial charge in [0.25, 0.3) is 5.91 Å². The van der Waals surface area contributed by atoms with E-state index in [4.69, 9.17) is 28.4 Å². The molecule has 0 saturated heterocycles. The van der Waals surface area contributed by atoms with Gasteiger partial charge in [-0.2, -0.15) is 0 Å². The maximum absolute atomic E-state index is 13.5. The van der Waals surface area contributed by atoms with Gasteiger partial charge in [-0.1, -0.05) is 45.0 Å². The van der Waals surface area contributed by atoms with Crippen molar-refractivity contribution >= 4 is 44.9 Å². The van der Waals surface area contributed by atoms with Crippen LogP contribution >= 0.6 is 0 Å². The number of hydrogen-bond donors (Lipinski definition) is 3. The molecule has 0 bridgehead atoms. The van der Waals surface area contributed by atoms with E-state index in [0.717, 1.165) is 27.6 Å². The minimum Gasteiger partial charge on any atom is -0.497 e. The fourth-order valence-electron chi connectivity index (χ4n) is 6.06. The number of carbonyl (C=O) groups is 2. The average molecular weight is 813 g/mol. The van der Waals surface area contributed by atoms with Crippen LogP contribution in [0.15, 0.2) is 90.0 Å². The van der Waals surface area contributed by atoms with Gasteiger partial charge in [-0.15, -0.1) is 0 Å². The predicted octanol–water partition coefficient (Wildman–Crippen LogP) is 7.72. The van der Waals surface area contributed by atoms with Gasteiger partial charge in [-0.05, 0) is 65.1 Å². The lowest BCUT2D eigenvalue weighted by molar-refractivity contribution is 0.0255. The van der Waals surface area contributed by atoms with E-state index in [0.29, 0.717) is 90.8 Å². The Kier molecular flexibility index (Phi) is 15.6. The zero-order chi connectivity index (χ0) is 41.7. The molecule has 308 valence electrons. The average Bonchev–Trinajstić information content (AvgIpc) is 3.20. The topological polar surface area (TPSA) is 156 Å². The van der Waals surface area contributed by atoms with Gasteiger partial charge in [-0.25, -0.2) is 4.79 Å². The molecule has 0 aliphatic heterocycles. The molecular weight excluding hydrogens is 761 g/mol. The van der Waals surface area contributed by atoms with Crippen molar-refractivity contribution in [1.29, 1.82) is 0 Å². The van der Waals surface area contributed by atoms with E-state index in [1.54, 1.807) is 50.9 Å². The van der Waals surface area contributed by atoms with Gasteiger partial charge < -0.3 is 44.4 Å². The summed E-state index contributed by atoms with van der Waals surface area (Å²) >= 11 is 0. The molecule has 1 unspecified atom stereocenters. The fraction of sp³-hybridized carbons (Fsp3) is 0.341. The number of urea groups is 1. The summed E-state index contributed by atoms with van der Waals surface area (Å²) in [5.41, 5.74) is 3.64. The summed E-state index contributed by atoms with van der Waals surface area (Å²) in [6, 6.07) is 23.4. The summed E-state index contributed by atoms with van der Waals surface area (Å²) in [4.78, 5) is 31.6. The van der Waals surface area contributed by atoms with E-state index in [-0.39, 0.29) is 11.3 Å². The minimum absolute atomic E-state index is 0.245. The lowest BCUT2D eigenvalue weighted by Crippen LogP contribution is -2.27. The summed E-state index contributed by atoms with van der Waals surface area (Å²) in [6.45, 7) is 8.75. The molecule has 58 heavy (non-hydrogen) atoms. The van der Waals surface area contributed by atoms with Gasteiger partial charge in [0.15, 0.2) is 5.75 Å². The van der Waals surface area contributed by atoms with Crippen molar-refractivity contribution in [3.63, 3.8) is 0 Å². The molecule has 1 aromatic heterocycles. The van der Waals surface area contributed by atoms with Crippen LogP contribution in [0.4, 0.5) is 16.2 Å². The first-order valence-corrected chi connectivity index (χ1v) is 20.3. The summed E-state index contributed by atoms with van der Waals surface area (Å²) in [6.07, 6.45) is 3.67. The molecule has 0 aliphatic carbocycles. The Bertz CT molecular complexity index is 2220. The highest BCUT2D eigenvalue weighted by Crippen LogP contribution is 2.38. The van der Waals surface area contributed by atoms with Crippen LogP contribution < -0.4 is 30.2 Å². The Morgan fingerprint density at radius 1 is 0.759 bits per heavy atom. The SMILES string of the molecule is COCCOCCOCCNC(=O)c1cc(Cc2cc(Oc3ccc(NC(=O)Nc4cc(C(C)(C)C)cc(S(C)=O)c4OC)c4ccccc34)ccn2)cc(OC)c1. The number of carbonyl (C=O) groups excluding carboxylic acids is 2. The van der Waals surface area contributed by atoms with E-state index in [2.05, 4.69) is 20.9 Å². The van der Waals surface area contributed by atoms with E-state index in [1.807, 2.05) is 75.4 Å². The van der Waals surface area contributed by atoms with Crippen LogP contribution in [0.1, 0.15) is 48.0 Å². The van der Waals surface area contributed by atoms with Crippen LogP contribution in [0.25, 0.3) is 10.8 Å². The molecular formula is C44H52N4O9S. The van der Waals surface area contributed by atoms with Crippen LogP contribution in [0.3, 0.4) is 0 Å². The molecule has 0 spiro atoms. The molecule has 0 fully saturated rings. The predicted molar refractivity (Wildman–Crippen MR) is 227 cm³/mol. The zero-order valence-corrected chi connectivity index (χ0v) is 34.9. The summed E-state index contributed by atoms with van der Waals surface area (Å²) in [5.74, 6) is 1.79. The molecule has 14 heteroatoms. The quantitative estimate of drug-likeness (QED) is 0.0706. The highest BCUT2D eigenvalue weighted by atomic mass is 32.2. The van der Waals surface area contributed by atoms with Crippen LogP contribution in [-0.4, -0.2) is 88.3 Å². The number of benzene rings is 4. The molecule has 3 N–H and O–H groups in total. The van der Waals surface area contributed by atoms with Crippen molar-refractivity contribution in [3.05, 3.63) is 107 Å². The number of ether oxygens (including phenoxy) is 6. The Balaban J connectivity index is 1.27. The molecule has 1 heterocycles. The normalized spacial score (nSPS) is 11.8. The van der Waals surface area contributed by atoms with E-state index in [1.165, 1.54) is 7.11 Å². The standard InChI is InChI=1S/C44H52N4O9S/c1-44(2,3)31-26-38(41(54-6)40(27-31)58(7)51)48-43(50)47-37-12-13-39(36-11-9-8-10-35(36)37)57-33-14-15-45-32(28-33)23-29-22-30(25-34(24-29)53-5)42(49)46-16-17-55-20-21-56-19-18-52-4/h8-15,22,24-28H,16-21,23H2,1-7H3,(H,46,49)(H2,47,48,50). The van der Waals surface area contributed by atoms with Crippen LogP contribution in [0.5, 0.6) is 23.0 Å². The van der Waals surface area contributed by atoms with Gasteiger partial charge >= 0.3 is 6.03 Å². The minimum atomic E-state index is -1.35. The number of pyridine rings is 1. The molecule has 0 aliphatic rings. The van der Waals surface area contributed by atoms with Crippen LogP contribution in [0.2, 0.25) is 0 Å². The van der Waals surface area contributed by atoms with E-state index in [9.17, 15) is 13.8 Å². The third-order valence-corrected chi connectivity index (χ3v) is 9.94. The smallest absolute Gasteiger partial charge is 0.323 e. The van der Waals surface area contributed by atoms with E-state index < -0.39 is 16.8 Å². The van der Waals surface area contributed by atoms with Crippen molar-refractivity contribution in [2.45, 2.75) is 37.5 Å². The highest BCUT2D eigenvalue weighted by Gasteiger charge is 2.23. The molecule has 4 aromatic carbocycles. The number of nitrogens with one attached hydrogen (secondary N) is 3. The van der Waals surface area contributed by atoms with Crippen LogP contribution in [-0.2, 0) is 36.8 Å². The number of amides is 3. The molecule has 3 amide bonds. The second kappa shape index (κ2) is 20.8. The number of fused-ring (bicyclic) bond motifs is 1. The number of aromatic nitrogens is 1. The molecule has 5 rings (SSSR count). The first kappa shape index (κ1) is 43.6. The van der Waals surface area contributed by atoms with Crippen molar-refractivity contribution in [2.24, 2.45) is 0 Å². The molecule has 0 radical (unpaired) electrons. The Morgan fingerprint density at radius 2 is 1.48 bits per heavy atom. The number of methoxy groups -OCH3 is 3. The third-order valence-electron chi connectivity index (χ3n) is 9.02. The lowest BCUT2D eigenvalue weighted by atomic mass is 9.86. The molecule has 1 atom stereocenters. The van der Waals surface area contributed by atoms with Crippen molar-refractivity contribution in [1.82, 2.24) is 10.3 Å². The number of anilines is 2. The van der Waals surface area contributed by atoms with Crippen molar-refractivity contribution in [2.75, 3.05) is 77.8 Å². The fourth-order valence-corrected chi connectivity index (χ4v) is 6.81. The first-order chi connectivity index (χ1) is 27.9. The summed E-state index contributed by atoms with van der Waals surface area (Å²) < 4.78 is 46.0. The largest absolute Gasteiger partial charge is 0.497 e. The van der Waals surface area contributed by atoms with Crippen molar-refractivity contribution in [3.8, 4) is 23.0 Å². The van der Waals surface area contributed by atoms with Gasteiger partial charge in [0.05, 0.1) is 74.3 Å². The van der Waals surface area contributed by atoms with Crippen LogP contribution in [0, 0.1) is 0 Å². The summed E-state index contributed by atoms with van der Waals surface area (Å²) in [7, 11) is 3.32. The Hall–Kier alpha value is -5.54. The Morgan fingerprint density at radius 3 is 2.19 bits per heavy atom. The maximum atomic E-state index is 13.5. The van der Waals surface area contributed by atoms with Gasteiger partial charge in [0, 0.05) is 60.6 Å². The summed E-state index contributed by atoms with van der Waals surface area (Å²) in [5, 5.41) is 10.3. The monoisotopic (exact) mass is 812 g/mol. The Labute approximate surface area is 342 Å². The number of hydrogen-bond acceptors (Lipinski definition) is 10. The second-order valence-corrected chi connectivity index (χ2v) is 15.6. The lowest BCUT2D eigenvalue weighted by Gasteiger charge is -2.23. The molecule has 5 aromatic rings. The highest BCUT2D eigenvalue weighted by molar-refractivity contribution is 7.84. The third kappa shape index (κ3) is 12.0. The number of nitrogens with zero attached hydrogens (tertiary/aromatic N) is 1. The first-order valence-electron chi connectivity index (χ1n) is 18.8.